The minimum absolute atomic E-state index is 0.0388. The number of Topliss-reactive ketones (excluding diaryl/α,β-unsaturated/α-hetero) is 1. The number of ketones is 1. The zero-order chi connectivity index (χ0) is 18.9. The van der Waals surface area contributed by atoms with Crippen LogP contribution in [0.25, 0.3) is 0 Å². The third kappa shape index (κ3) is 4.66. The van der Waals surface area contributed by atoms with E-state index in [2.05, 4.69) is 5.16 Å². The Hall–Kier alpha value is -1.22. The highest BCUT2D eigenvalue weighted by Gasteiger charge is 2.43. The van der Waals surface area contributed by atoms with Crippen molar-refractivity contribution < 1.29 is 19.2 Å². The Bertz CT molecular complexity index is 573. The van der Waals surface area contributed by atoms with Crippen LogP contribution in [-0.4, -0.2) is 55.7 Å². The minimum Gasteiger partial charge on any atom is -0.298 e. The van der Waals surface area contributed by atoms with Crippen LogP contribution in [-0.2, 0) is 14.4 Å². The summed E-state index contributed by atoms with van der Waals surface area (Å²) in [5, 5.41) is 4.10. The van der Waals surface area contributed by atoms with Crippen LogP contribution in [0.3, 0.4) is 0 Å². The number of nitrogens with zero attached hydrogens (tertiary/aromatic N) is 3. The fourth-order valence-corrected chi connectivity index (χ4v) is 4.26. The lowest BCUT2D eigenvalue weighted by Gasteiger charge is -2.28. The predicted molar refractivity (Wildman–Crippen MR) is 97.6 cm³/mol. The SMILES string of the molecule is CC(C)C(=O)C(C)(C)SN(C)C(=O)ON=C1SC(C)(C)C(=O)N1C. The topological polar surface area (TPSA) is 79.3 Å². The van der Waals surface area contributed by atoms with Gasteiger partial charge in [-0.05, 0) is 44.8 Å². The molecule has 1 fully saturated rings. The lowest BCUT2D eigenvalue weighted by atomic mass is 9.98. The standard InChI is InChI=1S/C15H25N3O4S2/c1-9(2)10(19)14(3,4)24-18(8)13(21)22-16-12-17(7)11(20)15(5,6)23-12/h9H,1-8H3. The summed E-state index contributed by atoms with van der Waals surface area (Å²) in [4.78, 5) is 42.5. The van der Waals surface area contributed by atoms with Crippen LogP contribution in [0, 0.1) is 5.92 Å². The van der Waals surface area contributed by atoms with E-state index in [-0.39, 0.29) is 17.6 Å². The molecule has 0 aliphatic carbocycles. The van der Waals surface area contributed by atoms with E-state index in [1.807, 2.05) is 13.8 Å². The first-order valence-corrected chi connectivity index (χ1v) is 9.12. The number of carbonyl (C=O) groups is 3. The van der Waals surface area contributed by atoms with Gasteiger partial charge in [-0.1, -0.05) is 25.6 Å². The average Bonchev–Trinajstić information content (AvgIpc) is 2.66. The van der Waals surface area contributed by atoms with Crippen LogP contribution in [0.2, 0.25) is 0 Å². The van der Waals surface area contributed by atoms with Gasteiger partial charge in [0.05, 0.1) is 9.49 Å². The molecule has 0 bridgehead atoms. The van der Waals surface area contributed by atoms with Gasteiger partial charge >= 0.3 is 6.09 Å². The van der Waals surface area contributed by atoms with E-state index < -0.39 is 15.6 Å². The maximum absolute atomic E-state index is 12.2. The third-order valence-corrected chi connectivity index (χ3v) is 5.69. The lowest BCUT2D eigenvalue weighted by molar-refractivity contribution is -0.127. The Morgan fingerprint density at radius 3 is 2.33 bits per heavy atom. The normalized spacial score (nSPS) is 19.1. The molecule has 1 saturated heterocycles. The smallest absolute Gasteiger partial charge is 0.298 e. The van der Waals surface area contributed by atoms with Crippen molar-refractivity contribution in [2.24, 2.45) is 11.1 Å². The number of carbonyl (C=O) groups excluding carboxylic acids is 3. The summed E-state index contributed by atoms with van der Waals surface area (Å²) >= 11 is 2.31. The molecule has 136 valence electrons. The lowest BCUT2D eigenvalue weighted by Crippen LogP contribution is -2.37. The van der Waals surface area contributed by atoms with E-state index in [9.17, 15) is 14.4 Å². The van der Waals surface area contributed by atoms with Gasteiger partial charge in [0.2, 0.25) is 11.1 Å². The van der Waals surface area contributed by atoms with Crippen molar-refractivity contribution >= 4 is 46.7 Å². The van der Waals surface area contributed by atoms with Crippen LogP contribution in [0.15, 0.2) is 5.16 Å². The van der Waals surface area contributed by atoms with Crippen LogP contribution in [0.1, 0.15) is 41.5 Å². The second-order valence-corrected chi connectivity index (χ2v) is 10.2. The Balaban J connectivity index is 2.71. The molecule has 0 radical (unpaired) electrons. The fourth-order valence-electron chi connectivity index (χ4n) is 2.17. The zero-order valence-corrected chi connectivity index (χ0v) is 17.0. The van der Waals surface area contributed by atoms with E-state index in [0.29, 0.717) is 5.17 Å². The molecule has 1 aliphatic rings. The molecule has 0 aromatic rings. The maximum atomic E-state index is 12.2. The molecular weight excluding hydrogens is 350 g/mol. The van der Waals surface area contributed by atoms with Gasteiger partial charge in [0, 0.05) is 20.0 Å². The number of amides is 2. The first kappa shape index (κ1) is 20.8. The van der Waals surface area contributed by atoms with Crippen molar-refractivity contribution in [1.82, 2.24) is 9.21 Å². The van der Waals surface area contributed by atoms with E-state index >= 15 is 0 Å². The van der Waals surface area contributed by atoms with Gasteiger partial charge in [0.15, 0.2) is 5.78 Å². The Labute approximate surface area is 151 Å². The second-order valence-electron chi connectivity index (χ2n) is 6.83. The number of hydrogen-bond acceptors (Lipinski definition) is 7. The molecule has 0 saturated carbocycles. The summed E-state index contributed by atoms with van der Waals surface area (Å²) in [7, 11) is 3.10. The number of amidine groups is 1. The summed E-state index contributed by atoms with van der Waals surface area (Å²) in [5.74, 6) is -0.195. The maximum Gasteiger partial charge on any atom is 0.445 e. The van der Waals surface area contributed by atoms with Gasteiger partial charge in [0.25, 0.3) is 0 Å². The van der Waals surface area contributed by atoms with Gasteiger partial charge in [-0.2, -0.15) is 0 Å². The van der Waals surface area contributed by atoms with Gasteiger partial charge in [0.1, 0.15) is 0 Å². The van der Waals surface area contributed by atoms with Crippen LogP contribution < -0.4 is 0 Å². The molecular formula is C15H25N3O4S2. The quantitative estimate of drug-likeness (QED) is 0.418. The van der Waals surface area contributed by atoms with Crippen molar-refractivity contribution in [3.63, 3.8) is 0 Å². The van der Waals surface area contributed by atoms with Gasteiger partial charge in [-0.3, -0.25) is 23.6 Å². The number of oxime groups is 1. The van der Waals surface area contributed by atoms with E-state index in [0.717, 1.165) is 11.9 Å². The molecule has 9 heteroatoms. The summed E-state index contributed by atoms with van der Waals surface area (Å²) < 4.78 is -0.158. The van der Waals surface area contributed by atoms with Crippen molar-refractivity contribution in [3.05, 3.63) is 0 Å². The number of rotatable bonds is 5. The molecule has 0 N–H and O–H groups in total. The third-order valence-electron chi connectivity index (χ3n) is 3.39. The highest BCUT2D eigenvalue weighted by Crippen LogP contribution is 2.36. The predicted octanol–water partition coefficient (Wildman–Crippen LogP) is 2.96. The molecule has 1 aliphatic heterocycles. The first-order valence-electron chi connectivity index (χ1n) is 7.53. The number of thioether (sulfide) groups is 1. The molecule has 2 amide bonds. The zero-order valence-electron chi connectivity index (χ0n) is 15.4. The molecule has 1 rings (SSSR count). The highest BCUT2D eigenvalue weighted by atomic mass is 32.2. The molecule has 1 heterocycles. The van der Waals surface area contributed by atoms with Gasteiger partial charge < -0.3 is 0 Å². The van der Waals surface area contributed by atoms with Crippen molar-refractivity contribution in [3.8, 4) is 0 Å². The summed E-state index contributed by atoms with van der Waals surface area (Å²) in [6.07, 6.45) is -0.705. The molecule has 0 aromatic heterocycles. The fraction of sp³-hybridized carbons (Fsp3) is 0.733. The van der Waals surface area contributed by atoms with Crippen molar-refractivity contribution in [2.75, 3.05) is 14.1 Å². The molecule has 0 aromatic carbocycles. The van der Waals surface area contributed by atoms with Crippen LogP contribution in [0.4, 0.5) is 4.79 Å². The monoisotopic (exact) mass is 375 g/mol. The van der Waals surface area contributed by atoms with Crippen molar-refractivity contribution in [1.29, 1.82) is 0 Å². The highest BCUT2D eigenvalue weighted by molar-refractivity contribution is 8.16. The summed E-state index contributed by atoms with van der Waals surface area (Å²) in [5.41, 5.74) is 0. The molecule has 7 nitrogen and oxygen atoms in total. The van der Waals surface area contributed by atoms with Crippen molar-refractivity contribution in [2.45, 2.75) is 51.0 Å². The first-order chi connectivity index (χ1) is 10.8. The molecule has 0 unspecified atom stereocenters. The Morgan fingerprint density at radius 2 is 1.92 bits per heavy atom. The second kappa shape index (κ2) is 7.35. The van der Waals surface area contributed by atoms with Crippen LogP contribution >= 0.6 is 23.7 Å². The summed E-state index contributed by atoms with van der Waals surface area (Å²) in [6.45, 7) is 10.7. The van der Waals surface area contributed by atoms with Gasteiger partial charge in [-0.15, -0.1) is 0 Å². The largest absolute Gasteiger partial charge is 0.445 e. The molecule has 24 heavy (non-hydrogen) atoms. The minimum atomic E-state index is -0.758. The molecule has 0 spiro atoms. The van der Waals surface area contributed by atoms with E-state index in [1.54, 1.807) is 34.7 Å². The van der Waals surface area contributed by atoms with E-state index in [4.69, 9.17) is 4.84 Å². The number of hydrogen-bond donors (Lipinski definition) is 0. The Morgan fingerprint density at radius 1 is 1.38 bits per heavy atom. The van der Waals surface area contributed by atoms with E-state index in [1.165, 1.54) is 28.0 Å². The van der Waals surface area contributed by atoms with Crippen LogP contribution in [0.5, 0.6) is 0 Å². The van der Waals surface area contributed by atoms with Gasteiger partial charge in [-0.25, -0.2) is 4.79 Å². The summed E-state index contributed by atoms with van der Waals surface area (Å²) in [6, 6.07) is 0. The Kier molecular flexibility index (Phi) is 6.37. The molecule has 0 atom stereocenters. The average molecular weight is 376 g/mol.